The Morgan fingerprint density at radius 2 is 2.11 bits per heavy atom. The first-order chi connectivity index (χ1) is 9.03. The van der Waals surface area contributed by atoms with Crippen LogP contribution >= 0.6 is 0 Å². The maximum atomic E-state index is 12.4. The molecule has 0 amide bonds. The third kappa shape index (κ3) is 3.55. The molecular weight excluding hydrogens is 262 g/mol. The topological polar surface area (TPSA) is 46.6 Å². The van der Waals surface area contributed by atoms with Crippen molar-refractivity contribution >= 4 is 10.0 Å². The van der Waals surface area contributed by atoms with Gasteiger partial charge in [-0.2, -0.15) is 4.31 Å². The molecule has 1 aromatic carbocycles. The van der Waals surface area contributed by atoms with Crippen molar-refractivity contribution < 1.29 is 13.2 Å². The van der Waals surface area contributed by atoms with Crippen LogP contribution < -0.4 is 0 Å². The van der Waals surface area contributed by atoms with E-state index in [-0.39, 0.29) is 11.9 Å². The van der Waals surface area contributed by atoms with E-state index >= 15 is 0 Å². The number of ether oxygens (including phenoxy) is 1. The van der Waals surface area contributed by atoms with Gasteiger partial charge < -0.3 is 4.74 Å². The van der Waals surface area contributed by atoms with Gasteiger partial charge in [0.1, 0.15) is 0 Å². The van der Waals surface area contributed by atoms with Crippen LogP contribution in [0.25, 0.3) is 0 Å². The minimum Gasteiger partial charge on any atom is -0.375 e. The van der Waals surface area contributed by atoms with Crippen molar-refractivity contribution in [2.24, 2.45) is 0 Å². The maximum absolute atomic E-state index is 12.4. The Bertz CT molecular complexity index is 527. The van der Waals surface area contributed by atoms with Gasteiger partial charge in [-0.15, -0.1) is 0 Å². The van der Waals surface area contributed by atoms with Gasteiger partial charge in [-0.25, -0.2) is 8.42 Å². The van der Waals surface area contributed by atoms with Gasteiger partial charge >= 0.3 is 0 Å². The second-order valence-corrected chi connectivity index (χ2v) is 6.91. The molecule has 0 radical (unpaired) electrons. The maximum Gasteiger partial charge on any atom is 0.218 e. The number of nitrogens with zero attached hydrogens (tertiary/aromatic N) is 1. The number of morpholine rings is 1. The summed E-state index contributed by atoms with van der Waals surface area (Å²) in [7, 11) is -3.25. The number of hydrogen-bond acceptors (Lipinski definition) is 3. The number of rotatable bonds is 4. The Balaban J connectivity index is 2.12. The quantitative estimate of drug-likeness (QED) is 0.848. The normalized spacial score (nSPS) is 21.5. The molecule has 2 rings (SSSR count). The zero-order chi connectivity index (χ0) is 13.9. The van der Waals surface area contributed by atoms with Crippen molar-refractivity contribution in [1.29, 1.82) is 0 Å². The molecule has 106 valence electrons. The molecule has 1 fully saturated rings. The van der Waals surface area contributed by atoms with Gasteiger partial charge in [-0.1, -0.05) is 31.2 Å². The summed E-state index contributed by atoms with van der Waals surface area (Å²) in [5.74, 6) is 0.0795. The number of benzene rings is 1. The highest BCUT2D eigenvalue weighted by atomic mass is 32.2. The van der Waals surface area contributed by atoms with E-state index in [0.29, 0.717) is 19.7 Å². The molecule has 0 aliphatic carbocycles. The van der Waals surface area contributed by atoms with Gasteiger partial charge in [0.15, 0.2) is 0 Å². The summed E-state index contributed by atoms with van der Waals surface area (Å²) >= 11 is 0. The minimum absolute atomic E-state index is 0.0281. The van der Waals surface area contributed by atoms with Crippen molar-refractivity contribution in [3.8, 4) is 0 Å². The molecule has 1 aliphatic rings. The lowest BCUT2D eigenvalue weighted by Gasteiger charge is -2.31. The van der Waals surface area contributed by atoms with Crippen LogP contribution in [-0.2, 0) is 20.5 Å². The molecule has 0 bridgehead atoms. The van der Waals surface area contributed by atoms with Crippen LogP contribution in [0.2, 0.25) is 0 Å². The van der Waals surface area contributed by atoms with Crippen molar-refractivity contribution in [2.45, 2.75) is 32.1 Å². The average molecular weight is 283 g/mol. The predicted octanol–water partition coefficient (Wildman–Crippen LogP) is 1.94. The van der Waals surface area contributed by atoms with Crippen LogP contribution in [0.4, 0.5) is 0 Å². The van der Waals surface area contributed by atoms with Crippen molar-refractivity contribution in [1.82, 2.24) is 4.31 Å². The van der Waals surface area contributed by atoms with Gasteiger partial charge in [0, 0.05) is 13.1 Å². The van der Waals surface area contributed by atoms with E-state index in [0.717, 1.165) is 17.5 Å². The molecule has 1 aliphatic heterocycles. The zero-order valence-corrected chi connectivity index (χ0v) is 12.3. The van der Waals surface area contributed by atoms with E-state index in [1.54, 1.807) is 4.31 Å². The lowest BCUT2D eigenvalue weighted by Crippen LogP contribution is -2.45. The molecule has 1 saturated heterocycles. The third-order valence-corrected chi connectivity index (χ3v) is 5.34. The van der Waals surface area contributed by atoms with Crippen molar-refractivity contribution in [2.75, 3.05) is 19.7 Å². The van der Waals surface area contributed by atoms with Crippen LogP contribution in [-0.4, -0.2) is 38.5 Å². The fraction of sp³-hybridized carbons (Fsp3) is 0.571. The molecule has 19 heavy (non-hydrogen) atoms. The molecule has 4 nitrogen and oxygen atoms in total. The van der Waals surface area contributed by atoms with Crippen LogP contribution in [0.3, 0.4) is 0 Å². The van der Waals surface area contributed by atoms with Crippen LogP contribution in [0.5, 0.6) is 0 Å². The average Bonchev–Trinajstić information content (AvgIpc) is 2.41. The lowest BCUT2D eigenvalue weighted by molar-refractivity contribution is -0.00282. The molecular formula is C14H21NO3S. The molecule has 1 aromatic rings. The molecule has 0 aromatic heterocycles. The number of aryl methyl sites for hydroxylation is 1. The van der Waals surface area contributed by atoms with Crippen molar-refractivity contribution in [3.05, 3.63) is 35.4 Å². The van der Waals surface area contributed by atoms with Crippen LogP contribution in [0.1, 0.15) is 24.5 Å². The first kappa shape index (κ1) is 14.5. The van der Waals surface area contributed by atoms with Gasteiger partial charge in [0.25, 0.3) is 0 Å². The highest BCUT2D eigenvalue weighted by Crippen LogP contribution is 2.18. The second-order valence-electron chi connectivity index (χ2n) is 4.94. The first-order valence-corrected chi connectivity index (χ1v) is 8.28. The molecule has 1 atom stereocenters. The van der Waals surface area contributed by atoms with E-state index in [2.05, 4.69) is 0 Å². The highest BCUT2D eigenvalue weighted by Gasteiger charge is 2.28. The standard InChI is InChI=1S/C14H21NO3S/c1-3-14-10-15(8-9-18-14)19(16,17)11-13-7-5-4-6-12(13)2/h4-7,14H,3,8-11H2,1-2H3/t14-/m0/s1. The largest absolute Gasteiger partial charge is 0.375 e. The highest BCUT2D eigenvalue weighted by molar-refractivity contribution is 7.88. The summed E-state index contributed by atoms with van der Waals surface area (Å²) in [6, 6.07) is 7.63. The van der Waals surface area contributed by atoms with E-state index in [1.807, 2.05) is 38.1 Å². The number of hydrogen-bond donors (Lipinski definition) is 0. The first-order valence-electron chi connectivity index (χ1n) is 6.67. The molecule has 0 unspecified atom stereocenters. The monoisotopic (exact) mass is 283 g/mol. The van der Waals surface area contributed by atoms with Gasteiger partial charge in [0.05, 0.1) is 18.5 Å². The summed E-state index contributed by atoms with van der Waals surface area (Å²) < 4.78 is 32.0. The Kier molecular flexibility index (Phi) is 4.60. The van der Waals surface area contributed by atoms with E-state index in [9.17, 15) is 8.42 Å². The summed E-state index contributed by atoms with van der Waals surface area (Å²) in [4.78, 5) is 0. The Labute approximate surface area is 115 Å². The van der Waals surface area contributed by atoms with Gasteiger partial charge in [0.2, 0.25) is 10.0 Å². The number of sulfonamides is 1. The summed E-state index contributed by atoms with van der Waals surface area (Å²) in [5, 5.41) is 0. The molecule has 0 N–H and O–H groups in total. The Hall–Kier alpha value is -0.910. The van der Waals surface area contributed by atoms with E-state index in [4.69, 9.17) is 4.74 Å². The summed E-state index contributed by atoms with van der Waals surface area (Å²) in [5.41, 5.74) is 1.90. The fourth-order valence-electron chi connectivity index (χ4n) is 2.25. The lowest BCUT2D eigenvalue weighted by atomic mass is 10.1. The second kappa shape index (κ2) is 6.03. The third-order valence-electron chi connectivity index (χ3n) is 3.55. The molecule has 0 saturated carbocycles. The van der Waals surface area contributed by atoms with Crippen molar-refractivity contribution in [3.63, 3.8) is 0 Å². The van der Waals surface area contributed by atoms with Gasteiger partial charge in [-0.3, -0.25) is 0 Å². The fourth-order valence-corrected chi connectivity index (χ4v) is 3.90. The molecule has 1 heterocycles. The van der Waals surface area contributed by atoms with Crippen LogP contribution in [0.15, 0.2) is 24.3 Å². The van der Waals surface area contributed by atoms with E-state index < -0.39 is 10.0 Å². The van der Waals surface area contributed by atoms with Crippen LogP contribution in [0, 0.1) is 6.92 Å². The SMILES string of the molecule is CC[C@H]1CN(S(=O)(=O)Cc2ccccc2C)CCO1. The molecule has 5 heteroatoms. The Morgan fingerprint density at radius 3 is 2.79 bits per heavy atom. The summed E-state index contributed by atoms with van der Waals surface area (Å²) in [6.45, 7) is 5.39. The Morgan fingerprint density at radius 1 is 1.37 bits per heavy atom. The van der Waals surface area contributed by atoms with E-state index in [1.165, 1.54) is 0 Å². The van der Waals surface area contributed by atoms with Gasteiger partial charge in [-0.05, 0) is 24.5 Å². The molecule has 0 spiro atoms. The minimum atomic E-state index is -3.25. The smallest absolute Gasteiger partial charge is 0.218 e. The zero-order valence-electron chi connectivity index (χ0n) is 11.5. The summed E-state index contributed by atoms with van der Waals surface area (Å²) in [6.07, 6.45) is 0.872. The predicted molar refractivity (Wildman–Crippen MR) is 75.4 cm³/mol.